The van der Waals surface area contributed by atoms with E-state index >= 15 is 0 Å². The number of aromatic nitrogens is 2. The van der Waals surface area contributed by atoms with Crippen LogP contribution >= 0.6 is 0 Å². The van der Waals surface area contributed by atoms with Gasteiger partial charge in [-0.05, 0) is 79.9 Å². The summed E-state index contributed by atoms with van der Waals surface area (Å²) in [6.07, 6.45) is 0. The highest BCUT2D eigenvalue weighted by Gasteiger charge is 2.16. The van der Waals surface area contributed by atoms with Crippen LogP contribution in [0.3, 0.4) is 0 Å². The highest BCUT2D eigenvalue weighted by Crippen LogP contribution is 2.37. The average molecular weight is 689 g/mol. The number of rotatable bonds is 8. The third-order valence-corrected chi connectivity index (χ3v) is 9.93. The van der Waals surface area contributed by atoms with Crippen LogP contribution in [-0.2, 0) is 0 Å². The number of benzene rings is 8. The van der Waals surface area contributed by atoms with Gasteiger partial charge in [0.15, 0.2) is 5.82 Å². The molecule has 0 fully saturated rings. The second-order valence-corrected chi connectivity index (χ2v) is 13.4. The summed E-state index contributed by atoms with van der Waals surface area (Å²) in [5.74, 6) is 0.680. The molecule has 8 aromatic carbocycles. The molecule has 9 rings (SSSR count). The molecule has 2 nitrogen and oxygen atoms in total. The van der Waals surface area contributed by atoms with Crippen LogP contribution in [0, 0.1) is 0 Å². The molecule has 0 aliphatic heterocycles. The summed E-state index contributed by atoms with van der Waals surface area (Å²) in [5, 5.41) is 0. The van der Waals surface area contributed by atoms with E-state index in [0.29, 0.717) is 5.82 Å². The summed E-state index contributed by atoms with van der Waals surface area (Å²) < 4.78 is 0. The molecule has 0 unspecified atom stereocenters. The summed E-state index contributed by atoms with van der Waals surface area (Å²) in [6, 6.07) is 77.0. The second-order valence-electron chi connectivity index (χ2n) is 13.4. The zero-order valence-electron chi connectivity index (χ0n) is 29.7. The van der Waals surface area contributed by atoms with Crippen molar-refractivity contribution >= 4 is 0 Å². The first-order chi connectivity index (χ1) is 26.7. The predicted octanol–water partition coefficient (Wildman–Crippen LogP) is 13.8. The van der Waals surface area contributed by atoms with E-state index in [9.17, 15) is 0 Å². The molecule has 0 aliphatic carbocycles. The molecular formula is C52H36N2. The van der Waals surface area contributed by atoms with Crippen molar-refractivity contribution < 1.29 is 0 Å². The van der Waals surface area contributed by atoms with E-state index in [1.807, 2.05) is 6.07 Å². The molecule has 9 aromatic rings. The standard InChI is InChI=1S/C52H36N2/c1-5-15-37(16-6-1)39-25-29-41(30-26-39)45-33-46(42-31-27-40(28-32-42)38-17-7-2-8-18-38)35-47(34-45)52-53-50(44-21-11-4-12-22-44)36-51(54-52)49-24-14-13-23-48(49)43-19-9-3-10-20-43/h1-36H. The molecule has 0 N–H and O–H groups in total. The monoisotopic (exact) mass is 688 g/mol. The van der Waals surface area contributed by atoms with Gasteiger partial charge in [-0.15, -0.1) is 0 Å². The van der Waals surface area contributed by atoms with Gasteiger partial charge in [-0.25, -0.2) is 9.97 Å². The van der Waals surface area contributed by atoms with Crippen LogP contribution in [0.25, 0.3) is 89.5 Å². The van der Waals surface area contributed by atoms with Gasteiger partial charge in [0.25, 0.3) is 0 Å². The minimum absolute atomic E-state index is 0.680. The Morgan fingerprint density at radius 3 is 1.02 bits per heavy atom. The minimum Gasteiger partial charge on any atom is -0.228 e. The third kappa shape index (κ3) is 6.89. The highest BCUT2D eigenvalue weighted by atomic mass is 14.9. The van der Waals surface area contributed by atoms with E-state index in [4.69, 9.17) is 9.97 Å². The van der Waals surface area contributed by atoms with Gasteiger partial charge in [0, 0.05) is 16.7 Å². The molecule has 0 spiro atoms. The Labute approximate surface area is 316 Å². The molecule has 0 radical (unpaired) electrons. The molecule has 0 saturated heterocycles. The van der Waals surface area contributed by atoms with Gasteiger partial charge in [-0.3, -0.25) is 0 Å². The van der Waals surface area contributed by atoms with Crippen molar-refractivity contribution in [2.45, 2.75) is 0 Å². The predicted molar refractivity (Wildman–Crippen MR) is 226 cm³/mol. The number of nitrogens with zero attached hydrogens (tertiary/aromatic N) is 2. The molecule has 0 bridgehead atoms. The van der Waals surface area contributed by atoms with Crippen molar-refractivity contribution in [1.29, 1.82) is 0 Å². The first kappa shape index (κ1) is 32.7. The van der Waals surface area contributed by atoms with Crippen molar-refractivity contribution in [3.8, 4) is 89.5 Å². The Hall–Kier alpha value is -7.16. The van der Waals surface area contributed by atoms with Crippen molar-refractivity contribution in [3.63, 3.8) is 0 Å². The first-order valence-electron chi connectivity index (χ1n) is 18.3. The van der Waals surface area contributed by atoms with E-state index in [-0.39, 0.29) is 0 Å². The quantitative estimate of drug-likeness (QED) is 0.159. The Morgan fingerprint density at radius 2 is 0.537 bits per heavy atom. The van der Waals surface area contributed by atoms with Crippen molar-refractivity contribution in [3.05, 3.63) is 218 Å². The number of hydrogen-bond acceptors (Lipinski definition) is 2. The second kappa shape index (κ2) is 14.8. The fraction of sp³-hybridized carbons (Fsp3) is 0. The molecule has 0 amide bonds. The molecule has 0 aliphatic rings. The van der Waals surface area contributed by atoms with Crippen LogP contribution in [0.4, 0.5) is 0 Å². The van der Waals surface area contributed by atoms with E-state index in [2.05, 4.69) is 212 Å². The molecular weight excluding hydrogens is 653 g/mol. The Balaban J connectivity index is 1.22. The maximum atomic E-state index is 5.35. The van der Waals surface area contributed by atoms with Crippen LogP contribution < -0.4 is 0 Å². The van der Waals surface area contributed by atoms with E-state index in [1.54, 1.807) is 0 Å². The van der Waals surface area contributed by atoms with Crippen LogP contribution in [0.15, 0.2) is 218 Å². The molecule has 0 atom stereocenters. The van der Waals surface area contributed by atoms with E-state index in [1.165, 1.54) is 22.3 Å². The van der Waals surface area contributed by atoms with Crippen LogP contribution in [0.2, 0.25) is 0 Å². The molecule has 2 heteroatoms. The van der Waals surface area contributed by atoms with Gasteiger partial charge >= 0.3 is 0 Å². The first-order valence-corrected chi connectivity index (χ1v) is 18.3. The number of hydrogen-bond donors (Lipinski definition) is 0. The van der Waals surface area contributed by atoms with Gasteiger partial charge < -0.3 is 0 Å². The van der Waals surface area contributed by atoms with Gasteiger partial charge in [-0.1, -0.05) is 194 Å². The van der Waals surface area contributed by atoms with E-state index in [0.717, 1.165) is 61.5 Å². The van der Waals surface area contributed by atoms with Crippen molar-refractivity contribution in [2.75, 3.05) is 0 Å². The topological polar surface area (TPSA) is 25.8 Å². The van der Waals surface area contributed by atoms with Crippen LogP contribution in [-0.4, -0.2) is 9.97 Å². The zero-order valence-corrected chi connectivity index (χ0v) is 29.7. The van der Waals surface area contributed by atoms with Crippen molar-refractivity contribution in [2.24, 2.45) is 0 Å². The average Bonchev–Trinajstić information content (AvgIpc) is 3.27. The van der Waals surface area contributed by atoms with Crippen molar-refractivity contribution in [1.82, 2.24) is 9.97 Å². The fourth-order valence-corrected chi connectivity index (χ4v) is 7.11. The molecule has 1 aromatic heterocycles. The van der Waals surface area contributed by atoms with Crippen LogP contribution in [0.1, 0.15) is 0 Å². The molecule has 254 valence electrons. The summed E-state index contributed by atoms with van der Waals surface area (Å²) >= 11 is 0. The fourth-order valence-electron chi connectivity index (χ4n) is 7.11. The van der Waals surface area contributed by atoms with Gasteiger partial charge in [0.2, 0.25) is 0 Å². The summed E-state index contributed by atoms with van der Waals surface area (Å²) in [5.41, 5.74) is 16.4. The molecule has 54 heavy (non-hydrogen) atoms. The Bertz CT molecular complexity index is 2550. The summed E-state index contributed by atoms with van der Waals surface area (Å²) in [6.45, 7) is 0. The van der Waals surface area contributed by atoms with Gasteiger partial charge in [0.05, 0.1) is 11.4 Å². The van der Waals surface area contributed by atoms with Gasteiger partial charge in [-0.2, -0.15) is 0 Å². The largest absolute Gasteiger partial charge is 0.228 e. The lowest BCUT2D eigenvalue weighted by Gasteiger charge is -2.15. The molecule has 0 saturated carbocycles. The maximum Gasteiger partial charge on any atom is 0.160 e. The van der Waals surface area contributed by atoms with Gasteiger partial charge in [0.1, 0.15) is 0 Å². The third-order valence-electron chi connectivity index (χ3n) is 9.93. The summed E-state index contributed by atoms with van der Waals surface area (Å²) in [7, 11) is 0. The smallest absolute Gasteiger partial charge is 0.160 e. The highest BCUT2D eigenvalue weighted by molar-refractivity contribution is 5.86. The zero-order chi connectivity index (χ0) is 36.1. The minimum atomic E-state index is 0.680. The lowest BCUT2D eigenvalue weighted by atomic mass is 9.93. The summed E-state index contributed by atoms with van der Waals surface area (Å²) in [4.78, 5) is 10.6. The lowest BCUT2D eigenvalue weighted by Crippen LogP contribution is -1.98. The Kier molecular flexibility index (Phi) is 8.99. The Morgan fingerprint density at radius 1 is 0.204 bits per heavy atom. The maximum absolute atomic E-state index is 5.35. The molecule has 1 heterocycles. The SMILES string of the molecule is c1ccc(-c2ccc(-c3cc(-c4ccc(-c5ccccc5)cc4)cc(-c4nc(-c5ccccc5)cc(-c5ccccc5-c5ccccc5)n4)c3)cc2)cc1. The normalized spacial score (nSPS) is 11.0. The van der Waals surface area contributed by atoms with E-state index < -0.39 is 0 Å². The lowest BCUT2D eigenvalue weighted by molar-refractivity contribution is 1.18. The van der Waals surface area contributed by atoms with Crippen LogP contribution in [0.5, 0.6) is 0 Å².